The second-order valence-electron chi connectivity index (χ2n) is 7.07. The SMILES string of the molecule is CC(NC(=O)c1ccccc1N(C)C(=O)C1CC1)c1cc2ccccc2o1. The molecule has 1 aliphatic carbocycles. The van der Waals surface area contributed by atoms with Crippen LogP contribution in [-0.4, -0.2) is 18.9 Å². The summed E-state index contributed by atoms with van der Waals surface area (Å²) in [7, 11) is 1.73. The van der Waals surface area contributed by atoms with Gasteiger partial charge < -0.3 is 14.6 Å². The van der Waals surface area contributed by atoms with Gasteiger partial charge in [0.2, 0.25) is 5.91 Å². The number of hydrogen-bond acceptors (Lipinski definition) is 3. The fourth-order valence-corrected chi connectivity index (χ4v) is 3.24. The number of amides is 2. The maximum Gasteiger partial charge on any atom is 0.253 e. The zero-order valence-electron chi connectivity index (χ0n) is 15.4. The van der Waals surface area contributed by atoms with Gasteiger partial charge in [-0.25, -0.2) is 0 Å². The van der Waals surface area contributed by atoms with Gasteiger partial charge in [0.1, 0.15) is 11.3 Å². The van der Waals surface area contributed by atoms with Gasteiger partial charge in [-0.2, -0.15) is 0 Å². The third kappa shape index (κ3) is 3.45. The van der Waals surface area contributed by atoms with Gasteiger partial charge in [0, 0.05) is 18.4 Å². The van der Waals surface area contributed by atoms with Crippen molar-refractivity contribution in [3.63, 3.8) is 0 Å². The number of fused-ring (bicyclic) bond motifs is 1. The number of para-hydroxylation sites is 2. The van der Waals surface area contributed by atoms with Crippen LogP contribution in [0.3, 0.4) is 0 Å². The first-order valence-electron chi connectivity index (χ1n) is 9.20. The average molecular weight is 362 g/mol. The van der Waals surface area contributed by atoms with Crippen LogP contribution in [0, 0.1) is 5.92 Å². The van der Waals surface area contributed by atoms with Crippen molar-refractivity contribution in [3.05, 3.63) is 65.9 Å². The van der Waals surface area contributed by atoms with Crippen LogP contribution in [0.1, 0.15) is 41.9 Å². The highest BCUT2D eigenvalue weighted by molar-refractivity contribution is 6.05. The van der Waals surface area contributed by atoms with Crippen molar-refractivity contribution in [3.8, 4) is 0 Å². The molecule has 1 fully saturated rings. The molecule has 2 aromatic carbocycles. The smallest absolute Gasteiger partial charge is 0.253 e. The number of rotatable bonds is 5. The lowest BCUT2D eigenvalue weighted by Crippen LogP contribution is -2.32. The summed E-state index contributed by atoms with van der Waals surface area (Å²) in [4.78, 5) is 26.9. The molecule has 1 aromatic heterocycles. The number of anilines is 1. The second kappa shape index (κ2) is 6.91. The number of furan rings is 1. The molecule has 1 saturated carbocycles. The number of benzene rings is 2. The second-order valence-corrected chi connectivity index (χ2v) is 7.07. The van der Waals surface area contributed by atoms with Crippen LogP contribution in [0.4, 0.5) is 5.69 Å². The van der Waals surface area contributed by atoms with E-state index in [1.807, 2.05) is 43.3 Å². The minimum absolute atomic E-state index is 0.0700. The Morgan fingerprint density at radius 3 is 2.56 bits per heavy atom. The predicted octanol–water partition coefficient (Wildman–Crippen LogP) is 4.30. The van der Waals surface area contributed by atoms with Gasteiger partial charge in [0.05, 0.1) is 17.3 Å². The molecule has 3 aromatic rings. The molecule has 0 aliphatic heterocycles. The largest absolute Gasteiger partial charge is 0.459 e. The van der Waals surface area contributed by atoms with Crippen molar-refractivity contribution in [1.29, 1.82) is 0 Å². The zero-order valence-corrected chi connectivity index (χ0v) is 15.4. The summed E-state index contributed by atoms with van der Waals surface area (Å²) < 4.78 is 5.84. The number of carbonyl (C=O) groups excluding carboxylic acids is 2. The van der Waals surface area contributed by atoms with E-state index in [0.717, 1.165) is 23.8 Å². The van der Waals surface area contributed by atoms with Crippen molar-refractivity contribution < 1.29 is 14.0 Å². The van der Waals surface area contributed by atoms with E-state index in [9.17, 15) is 9.59 Å². The van der Waals surface area contributed by atoms with Crippen molar-refractivity contribution in [2.45, 2.75) is 25.8 Å². The predicted molar refractivity (Wildman–Crippen MR) is 105 cm³/mol. The Kier molecular flexibility index (Phi) is 4.44. The Labute approximate surface area is 158 Å². The normalized spacial score (nSPS) is 14.7. The monoisotopic (exact) mass is 362 g/mol. The first kappa shape index (κ1) is 17.3. The molecule has 27 heavy (non-hydrogen) atoms. The lowest BCUT2D eigenvalue weighted by molar-refractivity contribution is -0.119. The summed E-state index contributed by atoms with van der Waals surface area (Å²) in [6.45, 7) is 1.89. The first-order valence-corrected chi connectivity index (χ1v) is 9.20. The zero-order chi connectivity index (χ0) is 19.0. The van der Waals surface area contributed by atoms with Gasteiger partial charge in [0.15, 0.2) is 0 Å². The molecule has 5 nitrogen and oxygen atoms in total. The van der Waals surface area contributed by atoms with Gasteiger partial charge in [-0.05, 0) is 44.0 Å². The average Bonchev–Trinajstić information content (AvgIpc) is 3.44. The highest BCUT2D eigenvalue weighted by Gasteiger charge is 2.33. The lowest BCUT2D eigenvalue weighted by Gasteiger charge is -2.21. The molecular weight excluding hydrogens is 340 g/mol. The molecule has 1 aliphatic rings. The topological polar surface area (TPSA) is 62.6 Å². The van der Waals surface area contributed by atoms with Crippen molar-refractivity contribution in [2.75, 3.05) is 11.9 Å². The maximum absolute atomic E-state index is 12.9. The van der Waals surface area contributed by atoms with Crippen LogP contribution in [0.15, 0.2) is 59.0 Å². The van der Waals surface area contributed by atoms with Crippen molar-refractivity contribution >= 4 is 28.5 Å². The summed E-state index contributed by atoms with van der Waals surface area (Å²) in [5.74, 6) is 0.639. The van der Waals surface area contributed by atoms with Crippen LogP contribution in [0.25, 0.3) is 11.0 Å². The summed E-state index contributed by atoms with van der Waals surface area (Å²) in [5.41, 5.74) is 1.91. The Hall–Kier alpha value is -3.08. The molecule has 1 heterocycles. The van der Waals surface area contributed by atoms with E-state index in [-0.39, 0.29) is 23.8 Å². The molecule has 1 N–H and O–H groups in total. The highest BCUT2D eigenvalue weighted by Crippen LogP contribution is 2.33. The molecular formula is C22H22N2O3. The van der Waals surface area contributed by atoms with Crippen LogP contribution < -0.4 is 10.2 Å². The van der Waals surface area contributed by atoms with E-state index >= 15 is 0 Å². The maximum atomic E-state index is 12.9. The molecule has 1 unspecified atom stereocenters. The van der Waals surface area contributed by atoms with Crippen LogP contribution >= 0.6 is 0 Å². The van der Waals surface area contributed by atoms with E-state index in [0.29, 0.717) is 17.0 Å². The van der Waals surface area contributed by atoms with Crippen molar-refractivity contribution in [2.24, 2.45) is 5.92 Å². The lowest BCUT2D eigenvalue weighted by atomic mass is 10.1. The summed E-state index contributed by atoms with van der Waals surface area (Å²) in [6, 6.07) is 16.6. The Morgan fingerprint density at radius 1 is 1.11 bits per heavy atom. The molecule has 0 bridgehead atoms. The molecule has 5 heteroatoms. The number of nitrogens with one attached hydrogen (secondary N) is 1. The molecule has 138 valence electrons. The van der Waals surface area contributed by atoms with Gasteiger partial charge in [0.25, 0.3) is 5.91 Å². The molecule has 0 saturated heterocycles. The number of carbonyl (C=O) groups is 2. The molecule has 2 amide bonds. The van der Waals surface area contributed by atoms with Gasteiger partial charge in [-0.3, -0.25) is 9.59 Å². The van der Waals surface area contributed by atoms with E-state index in [2.05, 4.69) is 5.32 Å². The molecule has 4 rings (SSSR count). The highest BCUT2D eigenvalue weighted by atomic mass is 16.3. The van der Waals surface area contributed by atoms with Crippen LogP contribution in [-0.2, 0) is 4.79 Å². The van der Waals surface area contributed by atoms with E-state index in [1.165, 1.54) is 0 Å². The van der Waals surface area contributed by atoms with Crippen LogP contribution in [0.5, 0.6) is 0 Å². The first-order chi connectivity index (χ1) is 13.0. The Balaban J connectivity index is 1.55. The minimum Gasteiger partial charge on any atom is -0.459 e. The quantitative estimate of drug-likeness (QED) is 0.736. The fraction of sp³-hybridized carbons (Fsp3) is 0.273. The van der Waals surface area contributed by atoms with Gasteiger partial charge in [-0.15, -0.1) is 0 Å². The van der Waals surface area contributed by atoms with E-state index in [1.54, 1.807) is 30.1 Å². The number of nitrogens with zero attached hydrogens (tertiary/aromatic N) is 1. The summed E-state index contributed by atoms with van der Waals surface area (Å²) >= 11 is 0. The number of hydrogen-bond donors (Lipinski definition) is 1. The van der Waals surface area contributed by atoms with E-state index < -0.39 is 0 Å². The summed E-state index contributed by atoms with van der Waals surface area (Å²) in [5, 5.41) is 3.99. The third-order valence-corrected chi connectivity index (χ3v) is 4.99. The van der Waals surface area contributed by atoms with E-state index in [4.69, 9.17) is 4.42 Å². The van der Waals surface area contributed by atoms with Gasteiger partial charge in [-0.1, -0.05) is 30.3 Å². The molecule has 0 radical (unpaired) electrons. The fourth-order valence-electron chi connectivity index (χ4n) is 3.24. The van der Waals surface area contributed by atoms with Crippen molar-refractivity contribution in [1.82, 2.24) is 5.32 Å². The standard InChI is InChI=1S/C22H22N2O3/c1-14(20-13-16-7-3-6-10-19(16)27-20)23-21(25)17-8-4-5-9-18(17)24(2)22(26)15-11-12-15/h3-10,13-15H,11-12H2,1-2H3,(H,23,25). The molecule has 1 atom stereocenters. The summed E-state index contributed by atoms with van der Waals surface area (Å²) in [6.07, 6.45) is 1.86. The van der Waals surface area contributed by atoms with Crippen LogP contribution in [0.2, 0.25) is 0 Å². The molecule has 0 spiro atoms. The minimum atomic E-state index is -0.289. The third-order valence-electron chi connectivity index (χ3n) is 4.99. The van der Waals surface area contributed by atoms with Gasteiger partial charge >= 0.3 is 0 Å². The Morgan fingerprint density at radius 2 is 1.81 bits per heavy atom. The Bertz CT molecular complexity index is 970.